The summed E-state index contributed by atoms with van der Waals surface area (Å²) in [6, 6.07) is 0. The third kappa shape index (κ3) is 1.90. The normalized spacial score (nSPS) is 50.5. The standard InChI is InChI=1S/C12H23N/c1-9-4-10-6-11(5-9)8-12(2,7-10)13-3/h9-11,13H,4-8H2,1-3H3. The van der Waals surface area contributed by atoms with Gasteiger partial charge in [-0.15, -0.1) is 0 Å². The lowest BCUT2D eigenvalue weighted by molar-refractivity contribution is 0.0779. The molecule has 0 heterocycles. The third-order valence-corrected chi connectivity index (χ3v) is 4.22. The SMILES string of the molecule is CNC1(C)CC2CC(C)CC(C2)C1. The summed E-state index contributed by atoms with van der Waals surface area (Å²) < 4.78 is 0. The Hall–Kier alpha value is -0.0400. The minimum absolute atomic E-state index is 0.452. The number of hydrogen-bond donors (Lipinski definition) is 1. The molecule has 13 heavy (non-hydrogen) atoms. The van der Waals surface area contributed by atoms with Crippen LogP contribution in [-0.2, 0) is 0 Å². The van der Waals surface area contributed by atoms with Crippen molar-refractivity contribution in [2.24, 2.45) is 17.8 Å². The molecule has 0 saturated heterocycles. The summed E-state index contributed by atoms with van der Waals surface area (Å²) >= 11 is 0. The molecule has 0 spiro atoms. The highest BCUT2D eigenvalue weighted by molar-refractivity contribution is 4.95. The number of nitrogens with one attached hydrogen (secondary N) is 1. The van der Waals surface area contributed by atoms with Crippen LogP contribution in [0, 0.1) is 17.8 Å². The van der Waals surface area contributed by atoms with Crippen molar-refractivity contribution >= 4 is 0 Å². The van der Waals surface area contributed by atoms with Crippen molar-refractivity contribution in [2.75, 3.05) is 7.05 Å². The van der Waals surface area contributed by atoms with Gasteiger partial charge in [0.2, 0.25) is 0 Å². The van der Waals surface area contributed by atoms with E-state index in [-0.39, 0.29) is 0 Å². The predicted molar refractivity (Wildman–Crippen MR) is 56.7 cm³/mol. The highest BCUT2D eigenvalue weighted by Crippen LogP contribution is 2.45. The second kappa shape index (κ2) is 3.27. The number of fused-ring (bicyclic) bond motifs is 2. The summed E-state index contributed by atoms with van der Waals surface area (Å²) in [6.07, 6.45) is 7.29. The Morgan fingerprint density at radius 3 is 2.08 bits per heavy atom. The molecule has 2 fully saturated rings. The van der Waals surface area contributed by atoms with Crippen LogP contribution in [0.3, 0.4) is 0 Å². The smallest absolute Gasteiger partial charge is 0.0155 e. The lowest BCUT2D eigenvalue weighted by atomic mass is 9.63. The van der Waals surface area contributed by atoms with Crippen LogP contribution < -0.4 is 5.32 Å². The molecule has 1 heteroatoms. The Bertz CT molecular complexity index is 170. The molecule has 0 amide bonds. The topological polar surface area (TPSA) is 12.0 Å². The van der Waals surface area contributed by atoms with Gasteiger partial charge in [-0.1, -0.05) is 6.92 Å². The van der Waals surface area contributed by atoms with Gasteiger partial charge in [-0.2, -0.15) is 0 Å². The van der Waals surface area contributed by atoms with E-state index in [4.69, 9.17) is 0 Å². The fraction of sp³-hybridized carbons (Fsp3) is 1.00. The van der Waals surface area contributed by atoms with Gasteiger partial charge in [-0.3, -0.25) is 0 Å². The Morgan fingerprint density at radius 1 is 1.08 bits per heavy atom. The van der Waals surface area contributed by atoms with Gasteiger partial charge in [-0.25, -0.2) is 0 Å². The van der Waals surface area contributed by atoms with Gasteiger partial charge in [-0.05, 0) is 63.8 Å². The molecule has 1 N–H and O–H groups in total. The van der Waals surface area contributed by atoms with Gasteiger partial charge < -0.3 is 5.32 Å². The van der Waals surface area contributed by atoms with E-state index < -0.39 is 0 Å². The highest BCUT2D eigenvalue weighted by Gasteiger charge is 2.39. The minimum atomic E-state index is 0.452. The maximum Gasteiger partial charge on any atom is 0.0155 e. The molecule has 2 aliphatic carbocycles. The molecule has 2 unspecified atom stereocenters. The molecule has 0 aromatic rings. The monoisotopic (exact) mass is 181 g/mol. The zero-order valence-corrected chi connectivity index (χ0v) is 9.27. The first-order valence-corrected chi connectivity index (χ1v) is 5.80. The average molecular weight is 181 g/mol. The van der Waals surface area contributed by atoms with Crippen molar-refractivity contribution < 1.29 is 0 Å². The molecule has 0 aliphatic heterocycles. The van der Waals surface area contributed by atoms with Gasteiger partial charge in [0, 0.05) is 5.54 Å². The Balaban J connectivity index is 2.05. The zero-order valence-electron chi connectivity index (χ0n) is 9.27. The molecular formula is C12H23N. The largest absolute Gasteiger partial charge is 0.315 e. The van der Waals surface area contributed by atoms with Crippen LogP contribution in [0.5, 0.6) is 0 Å². The molecule has 2 atom stereocenters. The van der Waals surface area contributed by atoms with Crippen LogP contribution in [0.2, 0.25) is 0 Å². The average Bonchev–Trinajstić information content (AvgIpc) is 2.01. The van der Waals surface area contributed by atoms with E-state index in [2.05, 4.69) is 26.2 Å². The first kappa shape index (κ1) is 9.51. The van der Waals surface area contributed by atoms with E-state index in [1.807, 2.05) is 0 Å². The number of rotatable bonds is 1. The van der Waals surface area contributed by atoms with Crippen LogP contribution in [0.1, 0.15) is 46.0 Å². The van der Waals surface area contributed by atoms with Gasteiger partial charge in [0.1, 0.15) is 0 Å². The third-order valence-electron chi connectivity index (χ3n) is 4.22. The second-order valence-electron chi connectivity index (χ2n) is 5.76. The summed E-state index contributed by atoms with van der Waals surface area (Å²) in [5.41, 5.74) is 0.452. The van der Waals surface area contributed by atoms with Crippen molar-refractivity contribution in [3.63, 3.8) is 0 Å². The van der Waals surface area contributed by atoms with Crippen LogP contribution in [0.15, 0.2) is 0 Å². The molecule has 0 aromatic heterocycles. The molecule has 2 saturated carbocycles. The molecule has 0 aromatic carbocycles. The van der Waals surface area contributed by atoms with Gasteiger partial charge in [0.15, 0.2) is 0 Å². The van der Waals surface area contributed by atoms with E-state index in [1.165, 1.54) is 32.1 Å². The summed E-state index contributed by atoms with van der Waals surface area (Å²) in [7, 11) is 2.13. The molecule has 2 aliphatic rings. The van der Waals surface area contributed by atoms with Crippen molar-refractivity contribution in [1.29, 1.82) is 0 Å². The molecule has 1 nitrogen and oxygen atoms in total. The molecule has 0 radical (unpaired) electrons. The van der Waals surface area contributed by atoms with Crippen LogP contribution in [0.25, 0.3) is 0 Å². The molecule has 2 rings (SSSR count). The van der Waals surface area contributed by atoms with Crippen molar-refractivity contribution in [1.82, 2.24) is 5.32 Å². The first-order valence-electron chi connectivity index (χ1n) is 5.80. The van der Waals surface area contributed by atoms with Crippen molar-refractivity contribution in [3.8, 4) is 0 Å². The van der Waals surface area contributed by atoms with E-state index in [0.717, 1.165) is 17.8 Å². The maximum absolute atomic E-state index is 3.52. The van der Waals surface area contributed by atoms with E-state index in [0.29, 0.717) is 5.54 Å². The van der Waals surface area contributed by atoms with Crippen LogP contribution in [-0.4, -0.2) is 12.6 Å². The van der Waals surface area contributed by atoms with Crippen LogP contribution >= 0.6 is 0 Å². The van der Waals surface area contributed by atoms with Gasteiger partial charge >= 0.3 is 0 Å². The summed E-state index contributed by atoms with van der Waals surface area (Å²) in [6.45, 7) is 4.84. The summed E-state index contributed by atoms with van der Waals surface area (Å²) in [5.74, 6) is 3.02. The van der Waals surface area contributed by atoms with Crippen molar-refractivity contribution in [2.45, 2.75) is 51.5 Å². The Morgan fingerprint density at radius 2 is 1.62 bits per heavy atom. The zero-order chi connectivity index (χ0) is 9.47. The first-order chi connectivity index (χ1) is 6.11. The fourth-order valence-electron chi connectivity index (χ4n) is 3.79. The van der Waals surface area contributed by atoms with E-state index in [9.17, 15) is 0 Å². The van der Waals surface area contributed by atoms with Gasteiger partial charge in [0.25, 0.3) is 0 Å². The van der Waals surface area contributed by atoms with Crippen molar-refractivity contribution in [3.05, 3.63) is 0 Å². The van der Waals surface area contributed by atoms with E-state index >= 15 is 0 Å². The lowest BCUT2D eigenvalue weighted by Crippen LogP contribution is -2.48. The Kier molecular flexibility index (Phi) is 2.39. The summed E-state index contributed by atoms with van der Waals surface area (Å²) in [5, 5.41) is 3.52. The quantitative estimate of drug-likeness (QED) is 0.656. The molecular weight excluding hydrogens is 158 g/mol. The fourth-order valence-corrected chi connectivity index (χ4v) is 3.79. The predicted octanol–water partition coefficient (Wildman–Crippen LogP) is 2.81. The maximum atomic E-state index is 3.52. The summed E-state index contributed by atoms with van der Waals surface area (Å²) in [4.78, 5) is 0. The number of hydrogen-bond acceptors (Lipinski definition) is 1. The highest BCUT2D eigenvalue weighted by atomic mass is 14.9. The lowest BCUT2D eigenvalue weighted by Gasteiger charge is -2.47. The molecule has 76 valence electrons. The molecule has 2 bridgehead atoms. The second-order valence-corrected chi connectivity index (χ2v) is 5.76. The Labute approximate surface area is 82.3 Å². The minimum Gasteiger partial charge on any atom is -0.315 e. The van der Waals surface area contributed by atoms with E-state index in [1.54, 1.807) is 0 Å². The van der Waals surface area contributed by atoms with Crippen LogP contribution in [0.4, 0.5) is 0 Å². The van der Waals surface area contributed by atoms with Gasteiger partial charge in [0.05, 0.1) is 0 Å².